The van der Waals surface area contributed by atoms with Gasteiger partial charge in [0.15, 0.2) is 0 Å². The smallest absolute Gasteiger partial charge is 0.135 e. The van der Waals surface area contributed by atoms with Gasteiger partial charge in [-0.3, -0.25) is 0 Å². The van der Waals surface area contributed by atoms with Crippen LogP contribution in [-0.4, -0.2) is 11.8 Å². The largest absolute Gasteiger partial charge is 0.392 e. The molecular formula is C9H13NO. The van der Waals surface area contributed by atoms with Crippen molar-refractivity contribution in [1.82, 2.24) is 0 Å². The van der Waals surface area contributed by atoms with E-state index in [1.807, 2.05) is 0 Å². The molecule has 2 saturated carbocycles. The quantitative estimate of drug-likeness (QED) is 0.518. The Hall–Kier alpha value is -0.530. The predicted molar refractivity (Wildman–Crippen MR) is 42.4 cm³/mol. The van der Waals surface area contributed by atoms with Gasteiger partial charge in [-0.2, -0.15) is 0 Å². The highest BCUT2D eigenvalue weighted by Gasteiger charge is 2.45. The minimum Gasteiger partial charge on any atom is -0.392 e. The molecule has 0 spiro atoms. The molecule has 2 nitrogen and oxygen atoms in total. The monoisotopic (exact) mass is 151 g/mol. The first-order chi connectivity index (χ1) is 5.45. The van der Waals surface area contributed by atoms with Gasteiger partial charge in [0.1, 0.15) is 6.10 Å². The molecule has 0 bridgehead atoms. The van der Waals surface area contributed by atoms with Crippen LogP contribution >= 0.6 is 0 Å². The molecule has 0 aromatic carbocycles. The van der Waals surface area contributed by atoms with Gasteiger partial charge >= 0.3 is 0 Å². The minimum atomic E-state index is 0.478. The second-order valence-electron chi connectivity index (χ2n) is 3.98. The lowest BCUT2D eigenvalue weighted by Crippen LogP contribution is -2.29. The summed E-state index contributed by atoms with van der Waals surface area (Å²) in [4.78, 5) is 5.38. The van der Waals surface area contributed by atoms with Gasteiger partial charge in [-0.25, -0.2) is 0 Å². The standard InChI is InChI=1S/C9H13NO/c1-2-6-4-5-7-9(6)8(3-1)11-10-7/h6,8-9H,1-5H2/t6-,8-,9-/m0/s1. The maximum absolute atomic E-state index is 5.38. The molecule has 3 rings (SSSR count). The fourth-order valence-corrected chi connectivity index (χ4v) is 2.91. The van der Waals surface area contributed by atoms with Crippen LogP contribution in [0.2, 0.25) is 0 Å². The first-order valence-electron chi connectivity index (χ1n) is 4.68. The average molecular weight is 151 g/mol. The Morgan fingerprint density at radius 2 is 2.27 bits per heavy atom. The third kappa shape index (κ3) is 0.700. The van der Waals surface area contributed by atoms with Crippen molar-refractivity contribution in [3.05, 3.63) is 0 Å². The molecule has 1 aliphatic heterocycles. The van der Waals surface area contributed by atoms with Crippen molar-refractivity contribution >= 4 is 5.71 Å². The summed E-state index contributed by atoms with van der Waals surface area (Å²) in [6.07, 6.45) is 7.09. The van der Waals surface area contributed by atoms with E-state index in [0.29, 0.717) is 6.10 Å². The van der Waals surface area contributed by atoms with Crippen LogP contribution in [-0.2, 0) is 4.84 Å². The zero-order valence-electron chi connectivity index (χ0n) is 6.62. The summed E-state index contributed by atoms with van der Waals surface area (Å²) in [6, 6.07) is 0. The van der Waals surface area contributed by atoms with Gasteiger partial charge in [-0.15, -0.1) is 0 Å². The van der Waals surface area contributed by atoms with Gasteiger partial charge in [-0.05, 0) is 38.0 Å². The third-order valence-electron chi connectivity index (χ3n) is 3.43. The molecule has 11 heavy (non-hydrogen) atoms. The molecule has 60 valence electrons. The molecule has 2 aliphatic carbocycles. The van der Waals surface area contributed by atoms with E-state index in [2.05, 4.69) is 5.16 Å². The predicted octanol–water partition coefficient (Wildman–Crippen LogP) is 1.95. The number of hydrogen-bond donors (Lipinski definition) is 0. The lowest BCUT2D eigenvalue weighted by atomic mass is 9.79. The van der Waals surface area contributed by atoms with Crippen LogP contribution in [0.3, 0.4) is 0 Å². The Labute approximate surface area is 66.6 Å². The highest BCUT2D eigenvalue weighted by atomic mass is 16.6. The zero-order valence-corrected chi connectivity index (χ0v) is 6.62. The Morgan fingerprint density at radius 3 is 3.27 bits per heavy atom. The van der Waals surface area contributed by atoms with Crippen LogP contribution < -0.4 is 0 Å². The molecule has 0 amide bonds. The van der Waals surface area contributed by atoms with Crippen LogP contribution in [0.1, 0.15) is 32.1 Å². The molecule has 2 fully saturated rings. The molecule has 0 saturated heterocycles. The van der Waals surface area contributed by atoms with E-state index in [1.165, 1.54) is 37.8 Å². The second-order valence-corrected chi connectivity index (χ2v) is 3.98. The fraction of sp³-hybridized carbons (Fsp3) is 0.889. The van der Waals surface area contributed by atoms with E-state index >= 15 is 0 Å². The first kappa shape index (κ1) is 6.04. The molecular weight excluding hydrogens is 138 g/mol. The van der Waals surface area contributed by atoms with E-state index in [4.69, 9.17) is 4.84 Å². The lowest BCUT2D eigenvalue weighted by molar-refractivity contribution is 0.0210. The average Bonchev–Trinajstić information content (AvgIpc) is 2.60. The van der Waals surface area contributed by atoms with Crippen LogP contribution in [0.15, 0.2) is 5.16 Å². The van der Waals surface area contributed by atoms with Crippen molar-refractivity contribution in [2.75, 3.05) is 0 Å². The van der Waals surface area contributed by atoms with Gasteiger partial charge < -0.3 is 4.84 Å². The molecule has 0 N–H and O–H groups in total. The van der Waals surface area contributed by atoms with Crippen molar-refractivity contribution in [3.8, 4) is 0 Å². The van der Waals surface area contributed by atoms with Crippen molar-refractivity contribution in [1.29, 1.82) is 0 Å². The molecule has 0 radical (unpaired) electrons. The van der Waals surface area contributed by atoms with E-state index in [1.54, 1.807) is 0 Å². The molecule has 0 aromatic heterocycles. The van der Waals surface area contributed by atoms with E-state index in [0.717, 1.165) is 11.8 Å². The van der Waals surface area contributed by atoms with Crippen molar-refractivity contribution in [2.24, 2.45) is 17.0 Å². The van der Waals surface area contributed by atoms with Crippen molar-refractivity contribution in [2.45, 2.75) is 38.2 Å². The lowest BCUT2D eigenvalue weighted by Gasteiger charge is -2.27. The number of oxime groups is 1. The Kier molecular flexibility index (Phi) is 1.09. The Balaban J connectivity index is 1.95. The maximum Gasteiger partial charge on any atom is 0.135 e. The van der Waals surface area contributed by atoms with E-state index in [-0.39, 0.29) is 0 Å². The Bertz CT molecular complexity index is 212. The van der Waals surface area contributed by atoms with Crippen molar-refractivity contribution in [3.63, 3.8) is 0 Å². The molecule has 0 aromatic rings. The SMILES string of the molecule is C1C[C@H]2CCC3=NO[C@@H](C1)[C@H]32. The normalized spacial score (nSPS) is 46.5. The Morgan fingerprint density at radius 1 is 1.27 bits per heavy atom. The maximum atomic E-state index is 5.38. The number of hydrogen-bond acceptors (Lipinski definition) is 2. The fourth-order valence-electron chi connectivity index (χ4n) is 2.91. The van der Waals surface area contributed by atoms with Gasteiger partial charge in [0.05, 0.1) is 5.71 Å². The van der Waals surface area contributed by atoms with Gasteiger partial charge in [-0.1, -0.05) is 5.16 Å². The van der Waals surface area contributed by atoms with E-state index in [9.17, 15) is 0 Å². The molecule has 0 unspecified atom stereocenters. The van der Waals surface area contributed by atoms with Gasteiger partial charge in [0, 0.05) is 5.92 Å². The van der Waals surface area contributed by atoms with Gasteiger partial charge in [0.2, 0.25) is 0 Å². The highest BCUT2D eigenvalue weighted by molar-refractivity contribution is 5.90. The molecule has 1 heterocycles. The topological polar surface area (TPSA) is 21.6 Å². The minimum absolute atomic E-state index is 0.478. The third-order valence-corrected chi connectivity index (χ3v) is 3.43. The summed E-state index contributed by atoms with van der Waals surface area (Å²) in [6.45, 7) is 0. The summed E-state index contributed by atoms with van der Waals surface area (Å²) in [7, 11) is 0. The first-order valence-corrected chi connectivity index (χ1v) is 4.68. The van der Waals surface area contributed by atoms with E-state index < -0.39 is 0 Å². The second kappa shape index (κ2) is 1.99. The van der Waals surface area contributed by atoms with Crippen LogP contribution in [0.4, 0.5) is 0 Å². The van der Waals surface area contributed by atoms with Crippen LogP contribution in [0.5, 0.6) is 0 Å². The van der Waals surface area contributed by atoms with Gasteiger partial charge in [0.25, 0.3) is 0 Å². The molecule has 3 aliphatic rings. The zero-order chi connectivity index (χ0) is 7.26. The summed E-state index contributed by atoms with van der Waals surface area (Å²) < 4.78 is 0. The summed E-state index contributed by atoms with van der Waals surface area (Å²) in [5.41, 5.74) is 1.37. The summed E-state index contributed by atoms with van der Waals surface area (Å²) >= 11 is 0. The summed E-state index contributed by atoms with van der Waals surface area (Å²) in [5, 5.41) is 4.16. The van der Waals surface area contributed by atoms with Crippen LogP contribution in [0, 0.1) is 11.8 Å². The highest BCUT2D eigenvalue weighted by Crippen LogP contribution is 2.44. The van der Waals surface area contributed by atoms with Crippen molar-refractivity contribution < 1.29 is 4.84 Å². The molecule has 3 atom stereocenters. The van der Waals surface area contributed by atoms with Crippen LogP contribution in [0.25, 0.3) is 0 Å². The summed E-state index contributed by atoms with van der Waals surface area (Å²) in [5.74, 6) is 1.67. The molecule has 2 heteroatoms. The number of rotatable bonds is 0. The number of nitrogens with zero attached hydrogens (tertiary/aromatic N) is 1.